The van der Waals surface area contributed by atoms with E-state index in [0.29, 0.717) is 11.6 Å². The minimum Gasteiger partial charge on any atom is -0.322 e. The molecule has 3 nitrogen and oxygen atoms in total. The highest BCUT2D eigenvalue weighted by Crippen LogP contribution is 2.18. The molecule has 0 aliphatic rings. The van der Waals surface area contributed by atoms with Gasteiger partial charge in [-0.05, 0) is 48.7 Å². The second-order valence-electron chi connectivity index (χ2n) is 5.13. The van der Waals surface area contributed by atoms with Crippen molar-refractivity contribution in [2.45, 2.75) is 20.4 Å². The van der Waals surface area contributed by atoms with Crippen molar-refractivity contribution in [2.24, 2.45) is 0 Å². The lowest BCUT2D eigenvalue weighted by Crippen LogP contribution is -2.28. The summed E-state index contributed by atoms with van der Waals surface area (Å²) in [4.78, 5) is 11.8. The van der Waals surface area contributed by atoms with Gasteiger partial charge in [0.15, 0.2) is 0 Å². The van der Waals surface area contributed by atoms with Crippen LogP contribution in [0.25, 0.3) is 0 Å². The molecule has 1 amide bonds. The first-order valence-corrected chi connectivity index (χ1v) is 7.36. The number of aryl methyl sites for hydroxylation is 1. The summed E-state index contributed by atoms with van der Waals surface area (Å²) < 4.78 is 13.6. The fraction of sp³-hybridized carbons (Fsp3) is 0.235. The van der Waals surface area contributed by atoms with Gasteiger partial charge in [0.25, 0.3) is 0 Å². The zero-order valence-electron chi connectivity index (χ0n) is 12.5. The molecule has 0 aliphatic carbocycles. The molecule has 0 saturated carbocycles. The van der Waals surface area contributed by atoms with E-state index < -0.39 is 5.82 Å². The van der Waals surface area contributed by atoms with Gasteiger partial charge in [0.1, 0.15) is 5.82 Å². The molecule has 0 aliphatic heterocycles. The molecule has 0 radical (unpaired) electrons. The predicted octanol–water partition coefficient (Wildman–Crippen LogP) is 3.82. The summed E-state index contributed by atoms with van der Waals surface area (Å²) in [6.07, 6.45) is 0. The van der Waals surface area contributed by atoms with Crippen LogP contribution >= 0.6 is 11.6 Å². The Kier molecular flexibility index (Phi) is 5.52. The Labute approximate surface area is 134 Å². The highest BCUT2D eigenvalue weighted by molar-refractivity contribution is 6.30. The van der Waals surface area contributed by atoms with E-state index in [2.05, 4.69) is 30.5 Å². The molecular formula is C17H18ClFN2O. The third kappa shape index (κ3) is 4.29. The van der Waals surface area contributed by atoms with Gasteiger partial charge in [-0.2, -0.15) is 0 Å². The number of halogens is 2. The Hall–Kier alpha value is -1.91. The molecule has 116 valence electrons. The van der Waals surface area contributed by atoms with Gasteiger partial charge >= 0.3 is 0 Å². The molecule has 0 heterocycles. The van der Waals surface area contributed by atoms with Gasteiger partial charge in [0, 0.05) is 11.6 Å². The topological polar surface area (TPSA) is 41.1 Å². The Bertz CT molecular complexity index is 688. The second-order valence-corrected chi connectivity index (χ2v) is 5.57. The summed E-state index contributed by atoms with van der Waals surface area (Å²) in [7, 11) is 0. The van der Waals surface area contributed by atoms with E-state index >= 15 is 0 Å². The maximum absolute atomic E-state index is 13.6. The summed E-state index contributed by atoms with van der Waals surface area (Å²) in [5, 5.41) is 5.87. The number of hydrogen-bond acceptors (Lipinski definition) is 2. The van der Waals surface area contributed by atoms with Crippen molar-refractivity contribution in [1.82, 2.24) is 5.32 Å². The number of anilines is 1. The van der Waals surface area contributed by atoms with Crippen molar-refractivity contribution in [1.29, 1.82) is 0 Å². The van der Waals surface area contributed by atoms with Crippen LogP contribution in [0.4, 0.5) is 10.1 Å². The van der Waals surface area contributed by atoms with E-state index in [1.165, 1.54) is 29.3 Å². The van der Waals surface area contributed by atoms with Crippen molar-refractivity contribution < 1.29 is 9.18 Å². The normalized spacial score (nSPS) is 10.5. The van der Waals surface area contributed by atoms with Crippen molar-refractivity contribution in [3.05, 3.63) is 63.9 Å². The zero-order valence-corrected chi connectivity index (χ0v) is 13.3. The molecule has 22 heavy (non-hydrogen) atoms. The van der Waals surface area contributed by atoms with Gasteiger partial charge in [0.05, 0.1) is 12.2 Å². The average molecular weight is 321 g/mol. The molecule has 2 aromatic carbocycles. The second kappa shape index (κ2) is 7.38. The van der Waals surface area contributed by atoms with E-state index in [0.717, 1.165) is 5.56 Å². The summed E-state index contributed by atoms with van der Waals surface area (Å²) in [6.45, 7) is 4.80. The summed E-state index contributed by atoms with van der Waals surface area (Å²) in [5.41, 5.74) is 3.69. The van der Waals surface area contributed by atoms with E-state index in [9.17, 15) is 9.18 Å². The van der Waals surface area contributed by atoms with Gasteiger partial charge in [-0.3, -0.25) is 4.79 Å². The molecular weight excluding hydrogens is 303 g/mol. The van der Waals surface area contributed by atoms with Crippen LogP contribution in [-0.4, -0.2) is 12.5 Å². The van der Waals surface area contributed by atoms with Gasteiger partial charge < -0.3 is 10.6 Å². The molecule has 0 atom stereocenters. The molecule has 2 N–H and O–H groups in total. The molecule has 0 saturated heterocycles. The fourth-order valence-corrected chi connectivity index (χ4v) is 2.26. The number of amides is 1. The Balaban J connectivity index is 1.87. The van der Waals surface area contributed by atoms with Crippen molar-refractivity contribution >= 4 is 23.2 Å². The minimum atomic E-state index is -0.546. The monoisotopic (exact) mass is 320 g/mol. The van der Waals surface area contributed by atoms with Crippen molar-refractivity contribution in [3.8, 4) is 0 Å². The van der Waals surface area contributed by atoms with Gasteiger partial charge in [0.2, 0.25) is 5.91 Å². The lowest BCUT2D eigenvalue weighted by Gasteiger charge is -2.10. The highest BCUT2D eigenvalue weighted by Gasteiger charge is 2.08. The Morgan fingerprint density at radius 2 is 2.00 bits per heavy atom. The van der Waals surface area contributed by atoms with E-state index in [1.54, 1.807) is 0 Å². The number of carbonyl (C=O) groups is 1. The van der Waals surface area contributed by atoms with Crippen LogP contribution in [0.1, 0.15) is 16.7 Å². The third-order valence-corrected chi connectivity index (χ3v) is 3.76. The number of rotatable bonds is 5. The third-order valence-electron chi connectivity index (χ3n) is 3.52. The van der Waals surface area contributed by atoms with Crippen LogP contribution in [-0.2, 0) is 11.3 Å². The van der Waals surface area contributed by atoms with Crippen molar-refractivity contribution in [3.63, 3.8) is 0 Å². The van der Waals surface area contributed by atoms with Crippen LogP contribution in [0, 0.1) is 19.7 Å². The summed E-state index contributed by atoms with van der Waals surface area (Å²) in [5.74, 6) is -0.845. The number of hydrogen-bond donors (Lipinski definition) is 2. The van der Waals surface area contributed by atoms with E-state index in [4.69, 9.17) is 11.6 Å². The summed E-state index contributed by atoms with van der Waals surface area (Å²) in [6, 6.07) is 10.2. The molecule has 0 aromatic heterocycles. The van der Waals surface area contributed by atoms with Crippen LogP contribution in [0.5, 0.6) is 0 Å². The molecule has 2 aromatic rings. The SMILES string of the molecule is Cc1cccc(CNCC(=O)Nc2ccc(Cl)cc2F)c1C. The zero-order chi connectivity index (χ0) is 16.1. The lowest BCUT2D eigenvalue weighted by molar-refractivity contribution is -0.115. The number of nitrogens with one attached hydrogen (secondary N) is 2. The molecule has 0 bridgehead atoms. The highest BCUT2D eigenvalue weighted by atomic mass is 35.5. The number of carbonyl (C=O) groups excluding carboxylic acids is 1. The lowest BCUT2D eigenvalue weighted by atomic mass is 10.0. The standard InChI is InChI=1S/C17H18ClFN2O/c1-11-4-3-5-13(12(11)2)9-20-10-17(22)21-16-7-6-14(18)8-15(16)19/h3-8,20H,9-10H2,1-2H3,(H,21,22). The van der Waals surface area contributed by atoms with Crippen LogP contribution in [0.3, 0.4) is 0 Å². The Morgan fingerprint density at radius 3 is 2.73 bits per heavy atom. The maximum Gasteiger partial charge on any atom is 0.238 e. The van der Waals surface area contributed by atoms with Gasteiger partial charge in [-0.25, -0.2) is 4.39 Å². The average Bonchev–Trinajstić information content (AvgIpc) is 2.46. The summed E-state index contributed by atoms with van der Waals surface area (Å²) >= 11 is 5.67. The maximum atomic E-state index is 13.6. The van der Waals surface area contributed by atoms with Crippen molar-refractivity contribution in [2.75, 3.05) is 11.9 Å². The quantitative estimate of drug-likeness (QED) is 0.879. The molecule has 0 fully saturated rings. The van der Waals surface area contributed by atoms with Gasteiger partial charge in [-0.1, -0.05) is 29.8 Å². The first kappa shape index (κ1) is 16.5. The molecule has 0 spiro atoms. The molecule has 0 unspecified atom stereocenters. The predicted molar refractivity (Wildman–Crippen MR) is 87.7 cm³/mol. The van der Waals surface area contributed by atoms with E-state index in [-0.39, 0.29) is 18.1 Å². The van der Waals surface area contributed by atoms with Crippen LogP contribution in [0.2, 0.25) is 5.02 Å². The fourth-order valence-electron chi connectivity index (χ4n) is 2.10. The van der Waals surface area contributed by atoms with Crippen LogP contribution in [0.15, 0.2) is 36.4 Å². The molecule has 5 heteroatoms. The van der Waals surface area contributed by atoms with Gasteiger partial charge in [-0.15, -0.1) is 0 Å². The van der Waals surface area contributed by atoms with E-state index in [1.807, 2.05) is 12.1 Å². The number of benzene rings is 2. The first-order valence-electron chi connectivity index (χ1n) is 6.98. The molecule has 2 rings (SSSR count). The first-order chi connectivity index (χ1) is 10.5. The largest absolute Gasteiger partial charge is 0.322 e. The smallest absolute Gasteiger partial charge is 0.238 e. The minimum absolute atomic E-state index is 0.107. The van der Waals surface area contributed by atoms with Crippen LogP contribution < -0.4 is 10.6 Å². The Morgan fingerprint density at radius 1 is 1.23 bits per heavy atom.